The summed E-state index contributed by atoms with van der Waals surface area (Å²) in [6.45, 7) is 8.58. The van der Waals surface area contributed by atoms with Crippen LogP contribution in [-0.4, -0.2) is 45.5 Å². The van der Waals surface area contributed by atoms with Crippen LogP contribution in [0.15, 0.2) is 41.7 Å². The highest BCUT2D eigenvalue weighted by atomic mass is 127. The number of aromatic nitrogens is 3. The number of aliphatic imine (C=N–C) groups is 1. The van der Waals surface area contributed by atoms with Gasteiger partial charge >= 0.3 is 0 Å². The van der Waals surface area contributed by atoms with Gasteiger partial charge in [0.2, 0.25) is 0 Å². The van der Waals surface area contributed by atoms with E-state index in [9.17, 15) is 5.11 Å². The number of benzene rings is 1. The Morgan fingerprint density at radius 1 is 1.14 bits per heavy atom. The fraction of sp³-hybridized carbons (Fsp3) is 0.550. The maximum absolute atomic E-state index is 9.41. The van der Waals surface area contributed by atoms with Crippen LogP contribution in [-0.2, 0) is 6.54 Å². The van der Waals surface area contributed by atoms with E-state index in [2.05, 4.69) is 39.7 Å². The van der Waals surface area contributed by atoms with Crippen LogP contribution in [0.5, 0.6) is 0 Å². The summed E-state index contributed by atoms with van der Waals surface area (Å²) in [5, 5.41) is 24.4. The van der Waals surface area contributed by atoms with Gasteiger partial charge in [0.25, 0.3) is 0 Å². The SMILES string of the molecule is CCNC(=NCc1nncn1-c1ccccc1)NCC(CC)(CC)CCO.I. The van der Waals surface area contributed by atoms with Crippen LogP contribution in [0.4, 0.5) is 0 Å². The van der Waals surface area contributed by atoms with E-state index in [0.29, 0.717) is 6.54 Å². The van der Waals surface area contributed by atoms with Crippen molar-refractivity contribution in [2.45, 2.75) is 46.6 Å². The predicted molar refractivity (Wildman–Crippen MR) is 124 cm³/mol. The molecule has 156 valence electrons. The van der Waals surface area contributed by atoms with E-state index in [1.807, 2.05) is 41.8 Å². The highest BCUT2D eigenvalue weighted by Gasteiger charge is 2.25. The van der Waals surface area contributed by atoms with Crippen LogP contribution >= 0.6 is 24.0 Å². The van der Waals surface area contributed by atoms with Gasteiger partial charge in [0.15, 0.2) is 11.8 Å². The number of rotatable bonds is 10. The minimum absolute atomic E-state index is 0. The van der Waals surface area contributed by atoms with Crippen molar-refractivity contribution in [1.29, 1.82) is 0 Å². The van der Waals surface area contributed by atoms with Crippen LogP contribution < -0.4 is 10.6 Å². The van der Waals surface area contributed by atoms with Gasteiger partial charge in [0.05, 0.1) is 0 Å². The van der Waals surface area contributed by atoms with Crippen molar-refractivity contribution in [1.82, 2.24) is 25.4 Å². The van der Waals surface area contributed by atoms with E-state index in [-0.39, 0.29) is 36.0 Å². The van der Waals surface area contributed by atoms with Crippen molar-refractivity contribution in [2.24, 2.45) is 10.4 Å². The molecule has 1 aromatic carbocycles. The van der Waals surface area contributed by atoms with Crippen LogP contribution in [0.25, 0.3) is 5.69 Å². The van der Waals surface area contributed by atoms with Crippen molar-refractivity contribution in [3.8, 4) is 5.69 Å². The topological polar surface area (TPSA) is 87.4 Å². The maximum atomic E-state index is 9.41. The molecule has 0 radical (unpaired) electrons. The Labute approximate surface area is 185 Å². The van der Waals surface area contributed by atoms with E-state index in [1.54, 1.807) is 6.33 Å². The minimum Gasteiger partial charge on any atom is -0.396 e. The molecule has 7 nitrogen and oxygen atoms in total. The maximum Gasteiger partial charge on any atom is 0.191 e. The van der Waals surface area contributed by atoms with Crippen LogP contribution in [0.2, 0.25) is 0 Å². The third-order valence-electron chi connectivity index (χ3n) is 5.15. The lowest BCUT2D eigenvalue weighted by molar-refractivity contribution is 0.169. The molecule has 0 bridgehead atoms. The minimum atomic E-state index is 0. The third-order valence-corrected chi connectivity index (χ3v) is 5.15. The molecule has 0 aliphatic heterocycles. The fourth-order valence-corrected chi connectivity index (χ4v) is 3.11. The summed E-state index contributed by atoms with van der Waals surface area (Å²) in [5.74, 6) is 1.54. The second-order valence-corrected chi connectivity index (χ2v) is 6.68. The Bertz CT molecular complexity index is 700. The Morgan fingerprint density at radius 2 is 1.86 bits per heavy atom. The van der Waals surface area contributed by atoms with Gasteiger partial charge in [0, 0.05) is 25.4 Å². The second kappa shape index (κ2) is 12.7. The summed E-state index contributed by atoms with van der Waals surface area (Å²) in [6.07, 6.45) is 4.52. The molecule has 0 aliphatic rings. The van der Waals surface area contributed by atoms with E-state index >= 15 is 0 Å². The predicted octanol–water partition coefficient (Wildman–Crippen LogP) is 3.13. The van der Waals surface area contributed by atoms with Gasteiger partial charge in [-0.3, -0.25) is 4.57 Å². The lowest BCUT2D eigenvalue weighted by Crippen LogP contribution is -2.44. The third kappa shape index (κ3) is 6.73. The Hall–Kier alpha value is -1.68. The van der Waals surface area contributed by atoms with Crippen molar-refractivity contribution < 1.29 is 5.11 Å². The molecule has 0 fully saturated rings. The van der Waals surface area contributed by atoms with Gasteiger partial charge in [-0.25, -0.2) is 4.99 Å². The average Bonchev–Trinajstić information content (AvgIpc) is 3.18. The van der Waals surface area contributed by atoms with Gasteiger partial charge in [0.1, 0.15) is 12.9 Å². The molecule has 1 heterocycles. The molecule has 3 N–H and O–H groups in total. The normalized spacial score (nSPS) is 11.8. The van der Waals surface area contributed by atoms with Crippen molar-refractivity contribution in [2.75, 3.05) is 19.7 Å². The molecule has 0 amide bonds. The summed E-state index contributed by atoms with van der Waals surface area (Å²) in [4.78, 5) is 4.68. The number of nitrogens with one attached hydrogen (secondary N) is 2. The first-order chi connectivity index (χ1) is 13.2. The molecule has 28 heavy (non-hydrogen) atoms. The molecule has 0 aliphatic carbocycles. The van der Waals surface area contributed by atoms with Crippen LogP contribution in [0.1, 0.15) is 45.9 Å². The molecule has 2 aromatic rings. The Morgan fingerprint density at radius 3 is 2.46 bits per heavy atom. The summed E-state index contributed by atoms with van der Waals surface area (Å²) >= 11 is 0. The first-order valence-corrected chi connectivity index (χ1v) is 9.75. The highest BCUT2D eigenvalue weighted by Crippen LogP contribution is 2.29. The summed E-state index contributed by atoms with van der Waals surface area (Å²) < 4.78 is 1.95. The number of hydrogen-bond donors (Lipinski definition) is 3. The van der Waals surface area contributed by atoms with Crippen molar-refractivity contribution in [3.63, 3.8) is 0 Å². The zero-order valence-electron chi connectivity index (χ0n) is 17.1. The zero-order chi connectivity index (χ0) is 19.5. The van der Waals surface area contributed by atoms with E-state index in [1.165, 1.54) is 0 Å². The van der Waals surface area contributed by atoms with Gasteiger partial charge in [-0.05, 0) is 43.7 Å². The molecule has 0 saturated heterocycles. The second-order valence-electron chi connectivity index (χ2n) is 6.68. The molecule has 0 atom stereocenters. The molecule has 0 unspecified atom stereocenters. The summed E-state index contributed by atoms with van der Waals surface area (Å²) in [6, 6.07) is 10.0. The van der Waals surface area contributed by atoms with Gasteiger partial charge < -0.3 is 15.7 Å². The number of aliphatic hydroxyl groups is 1. The zero-order valence-corrected chi connectivity index (χ0v) is 19.4. The lowest BCUT2D eigenvalue weighted by atomic mass is 9.79. The van der Waals surface area contributed by atoms with Gasteiger partial charge in [-0.2, -0.15) is 0 Å². The number of nitrogens with zero attached hydrogens (tertiary/aromatic N) is 4. The lowest BCUT2D eigenvalue weighted by Gasteiger charge is -2.32. The van der Waals surface area contributed by atoms with E-state index < -0.39 is 0 Å². The quantitative estimate of drug-likeness (QED) is 0.265. The van der Waals surface area contributed by atoms with Gasteiger partial charge in [-0.15, -0.1) is 34.2 Å². The highest BCUT2D eigenvalue weighted by molar-refractivity contribution is 14.0. The molecular formula is C20H33IN6O. The molecule has 8 heteroatoms. The summed E-state index contributed by atoms with van der Waals surface area (Å²) in [5.41, 5.74) is 1.10. The first-order valence-electron chi connectivity index (χ1n) is 9.75. The molecule has 0 spiro atoms. The Balaban J connectivity index is 0.00000392. The molecule has 2 rings (SSSR count). The average molecular weight is 500 g/mol. The largest absolute Gasteiger partial charge is 0.396 e. The summed E-state index contributed by atoms with van der Waals surface area (Å²) in [7, 11) is 0. The monoisotopic (exact) mass is 500 g/mol. The smallest absolute Gasteiger partial charge is 0.191 e. The van der Waals surface area contributed by atoms with Crippen molar-refractivity contribution in [3.05, 3.63) is 42.5 Å². The van der Waals surface area contributed by atoms with E-state index in [4.69, 9.17) is 0 Å². The number of para-hydroxylation sites is 1. The number of hydrogen-bond acceptors (Lipinski definition) is 4. The van der Waals surface area contributed by atoms with Gasteiger partial charge in [-0.1, -0.05) is 32.0 Å². The Kier molecular flexibility index (Phi) is 11.1. The van der Waals surface area contributed by atoms with E-state index in [0.717, 1.165) is 49.8 Å². The number of aliphatic hydroxyl groups excluding tert-OH is 1. The standard InChI is InChI=1S/C20H32N6O.HI/c1-4-20(5-2,12-13-27)15-23-19(21-6-3)22-14-18-25-24-16-26(18)17-10-8-7-9-11-17;/h7-11,16,27H,4-6,12-15H2,1-3H3,(H2,21,22,23);1H. The molecular weight excluding hydrogens is 467 g/mol. The molecule has 0 saturated carbocycles. The molecule has 1 aromatic heterocycles. The number of halogens is 1. The van der Waals surface area contributed by atoms with Crippen LogP contribution in [0.3, 0.4) is 0 Å². The van der Waals surface area contributed by atoms with Crippen molar-refractivity contribution >= 4 is 29.9 Å². The fourth-order valence-electron chi connectivity index (χ4n) is 3.11. The van der Waals surface area contributed by atoms with Crippen LogP contribution in [0, 0.1) is 5.41 Å². The number of guanidine groups is 1. The first kappa shape index (κ1) is 24.4.